The van der Waals surface area contributed by atoms with Crippen molar-refractivity contribution in [3.05, 3.63) is 29.8 Å². The first-order valence-electron chi connectivity index (χ1n) is 7.82. The van der Waals surface area contributed by atoms with E-state index in [4.69, 9.17) is 24.5 Å². The molecule has 0 aliphatic carbocycles. The summed E-state index contributed by atoms with van der Waals surface area (Å²) in [6.45, 7) is 5.69. The zero-order valence-electron chi connectivity index (χ0n) is 13.7. The number of aliphatic carboxylic acids is 2. The van der Waals surface area contributed by atoms with Crippen LogP contribution in [0, 0.1) is 0 Å². The van der Waals surface area contributed by atoms with E-state index in [9.17, 15) is 4.79 Å². The molecule has 2 rings (SSSR count). The number of likely N-dealkylation sites (tertiary alicyclic amines) is 1. The maximum atomic E-state index is 11.1. The molecule has 1 aliphatic rings. The molecule has 0 radical (unpaired) electrons. The van der Waals surface area contributed by atoms with Gasteiger partial charge in [0.25, 0.3) is 0 Å². The summed E-state index contributed by atoms with van der Waals surface area (Å²) < 4.78 is 5.69. The summed E-state index contributed by atoms with van der Waals surface area (Å²) in [5, 5.41) is 14.8. The molecule has 7 nitrogen and oxygen atoms in total. The van der Waals surface area contributed by atoms with Crippen LogP contribution in [0.2, 0.25) is 0 Å². The lowest BCUT2D eigenvalue weighted by atomic mass is 10.1. The number of nitrogens with zero attached hydrogens (tertiary/aromatic N) is 1. The van der Waals surface area contributed by atoms with Crippen LogP contribution in [-0.2, 0) is 9.59 Å². The van der Waals surface area contributed by atoms with Gasteiger partial charge in [0.15, 0.2) is 5.78 Å². The van der Waals surface area contributed by atoms with Gasteiger partial charge in [-0.25, -0.2) is 9.59 Å². The molecule has 0 spiro atoms. The number of piperidine rings is 1. The van der Waals surface area contributed by atoms with E-state index in [1.807, 2.05) is 24.3 Å². The molecular formula is C17H23NO6. The Balaban J connectivity index is 0.000000413. The summed E-state index contributed by atoms with van der Waals surface area (Å²) in [4.78, 5) is 31.8. The zero-order valence-corrected chi connectivity index (χ0v) is 13.7. The van der Waals surface area contributed by atoms with Crippen molar-refractivity contribution in [3.63, 3.8) is 0 Å². The maximum Gasteiger partial charge on any atom is 0.414 e. The van der Waals surface area contributed by atoms with Gasteiger partial charge in [-0.2, -0.15) is 0 Å². The first kappa shape index (κ1) is 19.6. The highest BCUT2D eigenvalue weighted by atomic mass is 16.5. The van der Waals surface area contributed by atoms with Crippen LogP contribution in [-0.4, -0.2) is 59.1 Å². The van der Waals surface area contributed by atoms with Crippen LogP contribution < -0.4 is 4.74 Å². The number of Topliss-reactive ketones (excluding diaryl/α,β-unsaturated/α-hetero) is 1. The van der Waals surface area contributed by atoms with Crippen molar-refractivity contribution in [2.24, 2.45) is 0 Å². The maximum absolute atomic E-state index is 11.1. The van der Waals surface area contributed by atoms with Crippen LogP contribution in [0.1, 0.15) is 36.5 Å². The first-order valence-corrected chi connectivity index (χ1v) is 7.82. The number of ether oxygens (including phenoxy) is 1. The number of carbonyl (C=O) groups excluding carboxylic acids is 1. The highest BCUT2D eigenvalue weighted by Crippen LogP contribution is 2.13. The van der Waals surface area contributed by atoms with Crippen molar-refractivity contribution in [3.8, 4) is 5.75 Å². The van der Waals surface area contributed by atoms with Crippen LogP contribution in [0.5, 0.6) is 5.75 Å². The van der Waals surface area contributed by atoms with Crippen LogP contribution in [0.15, 0.2) is 24.3 Å². The van der Waals surface area contributed by atoms with E-state index in [0.717, 1.165) is 24.5 Å². The molecule has 0 bridgehead atoms. The van der Waals surface area contributed by atoms with Gasteiger partial charge in [-0.1, -0.05) is 6.42 Å². The van der Waals surface area contributed by atoms with E-state index in [1.165, 1.54) is 32.4 Å². The van der Waals surface area contributed by atoms with Gasteiger partial charge < -0.3 is 14.9 Å². The zero-order chi connectivity index (χ0) is 17.9. The SMILES string of the molecule is CC(=O)c1ccc(OCCN2CCCCC2)cc1.O=C(O)C(=O)O. The third-order valence-electron chi connectivity index (χ3n) is 3.57. The van der Waals surface area contributed by atoms with E-state index in [0.29, 0.717) is 0 Å². The molecule has 1 aliphatic heterocycles. The number of carboxylic acid groups (broad SMARTS) is 2. The van der Waals surface area contributed by atoms with Gasteiger partial charge in [-0.15, -0.1) is 0 Å². The Morgan fingerprint density at radius 3 is 2.00 bits per heavy atom. The van der Waals surface area contributed by atoms with Gasteiger partial charge in [-0.3, -0.25) is 9.69 Å². The van der Waals surface area contributed by atoms with E-state index >= 15 is 0 Å². The highest BCUT2D eigenvalue weighted by molar-refractivity contribution is 6.27. The molecule has 0 unspecified atom stereocenters. The van der Waals surface area contributed by atoms with Crippen molar-refractivity contribution in [1.29, 1.82) is 0 Å². The fourth-order valence-electron chi connectivity index (χ4n) is 2.26. The molecule has 0 saturated carbocycles. The quantitative estimate of drug-likeness (QED) is 0.624. The van der Waals surface area contributed by atoms with Gasteiger partial charge in [0.2, 0.25) is 0 Å². The van der Waals surface area contributed by atoms with Gasteiger partial charge in [0, 0.05) is 12.1 Å². The molecule has 1 heterocycles. The van der Waals surface area contributed by atoms with Crippen molar-refractivity contribution < 1.29 is 29.3 Å². The Hall–Kier alpha value is -2.41. The second-order valence-electron chi connectivity index (χ2n) is 5.44. The molecule has 24 heavy (non-hydrogen) atoms. The van der Waals surface area contributed by atoms with E-state index < -0.39 is 11.9 Å². The molecule has 2 N–H and O–H groups in total. The van der Waals surface area contributed by atoms with Crippen LogP contribution >= 0.6 is 0 Å². The van der Waals surface area contributed by atoms with Gasteiger partial charge in [0.05, 0.1) is 0 Å². The minimum atomic E-state index is -1.82. The molecule has 7 heteroatoms. The van der Waals surface area contributed by atoms with Crippen molar-refractivity contribution in [2.45, 2.75) is 26.2 Å². The number of carbonyl (C=O) groups is 3. The summed E-state index contributed by atoms with van der Waals surface area (Å²) in [6.07, 6.45) is 3.99. The number of hydrogen-bond acceptors (Lipinski definition) is 5. The minimum absolute atomic E-state index is 0.0925. The average Bonchev–Trinajstić information content (AvgIpc) is 2.57. The fourth-order valence-corrected chi connectivity index (χ4v) is 2.26. The van der Waals surface area contributed by atoms with Gasteiger partial charge in [0.1, 0.15) is 12.4 Å². The topological polar surface area (TPSA) is 104 Å². The summed E-state index contributed by atoms with van der Waals surface area (Å²) in [6, 6.07) is 7.37. The van der Waals surface area contributed by atoms with Gasteiger partial charge >= 0.3 is 11.9 Å². The van der Waals surface area contributed by atoms with E-state index in [2.05, 4.69) is 4.90 Å². The molecule has 132 valence electrons. The molecule has 0 amide bonds. The largest absolute Gasteiger partial charge is 0.492 e. The second-order valence-corrected chi connectivity index (χ2v) is 5.44. The smallest absolute Gasteiger partial charge is 0.414 e. The van der Waals surface area contributed by atoms with Crippen molar-refractivity contribution in [2.75, 3.05) is 26.2 Å². The van der Waals surface area contributed by atoms with Gasteiger partial charge in [-0.05, 0) is 57.1 Å². The molecular weight excluding hydrogens is 314 g/mol. The van der Waals surface area contributed by atoms with Crippen LogP contribution in [0.3, 0.4) is 0 Å². The number of hydrogen-bond donors (Lipinski definition) is 2. The predicted molar refractivity (Wildman–Crippen MR) is 87.5 cm³/mol. The minimum Gasteiger partial charge on any atom is -0.492 e. The van der Waals surface area contributed by atoms with Crippen molar-refractivity contribution in [1.82, 2.24) is 4.90 Å². The second kappa shape index (κ2) is 10.4. The Bertz CT molecular complexity index is 537. The lowest BCUT2D eigenvalue weighted by Gasteiger charge is -2.26. The predicted octanol–water partition coefficient (Wildman–Crippen LogP) is 1.91. The number of benzene rings is 1. The molecule has 1 saturated heterocycles. The fraction of sp³-hybridized carbons (Fsp3) is 0.471. The Morgan fingerprint density at radius 1 is 1.00 bits per heavy atom. The lowest BCUT2D eigenvalue weighted by Crippen LogP contribution is -2.33. The van der Waals surface area contributed by atoms with E-state index in [-0.39, 0.29) is 5.78 Å². The standard InChI is InChI=1S/C15H21NO2.C2H2O4/c1-13(17)14-5-7-15(8-6-14)18-12-11-16-9-3-2-4-10-16;3-1(4)2(5)6/h5-8H,2-4,9-12H2,1H3;(H,3,4)(H,5,6). The normalized spacial score (nSPS) is 14.2. The van der Waals surface area contributed by atoms with Crippen LogP contribution in [0.4, 0.5) is 0 Å². The average molecular weight is 337 g/mol. The third kappa shape index (κ3) is 7.73. The monoisotopic (exact) mass is 337 g/mol. The summed E-state index contributed by atoms with van der Waals surface area (Å²) in [7, 11) is 0. The van der Waals surface area contributed by atoms with Crippen LogP contribution in [0.25, 0.3) is 0 Å². The summed E-state index contributed by atoms with van der Waals surface area (Å²) >= 11 is 0. The lowest BCUT2D eigenvalue weighted by molar-refractivity contribution is -0.159. The Kier molecular flexibility index (Phi) is 8.49. The summed E-state index contributed by atoms with van der Waals surface area (Å²) in [5.41, 5.74) is 0.735. The molecule has 1 aromatic carbocycles. The first-order chi connectivity index (χ1) is 11.4. The highest BCUT2D eigenvalue weighted by Gasteiger charge is 2.09. The Morgan fingerprint density at radius 2 is 1.54 bits per heavy atom. The molecule has 1 aromatic rings. The molecule has 1 fully saturated rings. The molecule has 0 aromatic heterocycles. The Labute approximate surface area is 140 Å². The number of ketones is 1. The summed E-state index contributed by atoms with van der Waals surface area (Å²) in [5.74, 6) is -2.71. The van der Waals surface area contributed by atoms with Crippen molar-refractivity contribution >= 4 is 17.7 Å². The number of rotatable bonds is 5. The number of carboxylic acids is 2. The molecule has 0 atom stereocenters. The van der Waals surface area contributed by atoms with E-state index in [1.54, 1.807) is 6.92 Å². The third-order valence-corrected chi connectivity index (χ3v) is 3.57.